The molecule has 1 aromatic rings. The van der Waals surface area contributed by atoms with E-state index in [1.54, 1.807) is 6.07 Å². The summed E-state index contributed by atoms with van der Waals surface area (Å²) in [6, 6.07) is 3.46. The van der Waals surface area contributed by atoms with Crippen molar-refractivity contribution in [2.24, 2.45) is 0 Å². The summed E-state index contributed by atoms with van der Waals surface area (Å²) in [5.41, 5.74) is 1.10. The molecule has 0 bridgehead atoms. The molecule has 3 nitrogen and oxygen atoms in total. The van der Waals surface area contributed by atoms with Gasteiger partial charge in [-0.25, -0.2) is 9.78 Å². The largest absolute Gasteiger partial charge is 0.464 e. The van der Waals surface area contributed by atoms with Crippen LogP contribution < -0.4 is 0 Å². The van der Waals surface area contributed by atoms with Crippen molar-refractivity contribution in [2.75, 3.05) is 7.11 Å². The fourth-order valence-electron chi connectivity index (χ4n) is 0.828. The lowest BCUT2D eigenvalue weighted by molar-refractivity contribution is 0.0593. The number of esters is 1. The minimum atomic E-state index is -0.427. The number of ether oxygens (including phenoxy) is 1. The van der Waals surface area contributed by atoms with Crippen molar-refractivity contribution in [1.29, 1.82) is 0 Å². The number of nitrogens with zero attached hydrogens (tertiary/aromatic N) is 1. The van der Waals surface area contributed by atoms with Crippen molar-refractivity contribution in [1.82, 2.24) is 4.98 Å². The molecule has 0 saturated carbocycles. The Kier molecular flexibility index (Phi) is 6.31. The van der Waals surface area contributed by atoms with Crippen LogP contribution in [-0.2, 0) is 10.1 Å². The zero-order valence-electron chi connectivity index (χ0n) is 7.29. The average molecular weight is 345 g/mol. The van der Waals surface area contributed by atoms with Gasteiger partial charge in [0, 0.05) is 9.80 Å². The Hall–Kier alpha value is -0.130. The van der Waals surface area contributed by atoms with Crippen LogP contribution in [0.5, 0.6) is 0 Å². The summed E-state index contributed by atoms with van der Waals surface area (Å²) in [7, 11) is 1.33. The molecule has 0 atom stereocenters. The number of hydrogen-bond acceptors (Lipinski definition) is 3. The van der Waals surface area contributed by atoms with Gasteiger partial charge in [-0.2, -0.15) is 0 Å². The molecule has 0 N–H and O–H groups in total. The summed E-state index contributed by atoms with van der Waals surface area (Å²) in [5, 5.41) is 0.608. The van der Waals surface area contributed by atoms with E-state index < -0.39 is 5.97 Å². The number of methoxy groups -OCH3 is 1. The molecule has 0 amide bonds. The van der Waals surface area contributed by atoms with Crippen LogP contribution in [0.15, 0.2) is 16.6 Å². The Bertz CT molecular complexity index is 333. The molecule has 0 radical (unpaired) electrons. The van der Waals surface area contributed by atoms with Crippen LogP contribution in [0.2, 0.25) is 0 Å². The Morgan fingerprint density at radius 3 is 2.71 bits per heavy atom. The lowest BCUT2D eigenvalue weighted by Gasteiger charge is -2.01. The maximum Gasteiger partial charge on any atom is 0.356 e. The monoisotopic (exact) mass is 343 g/mol. The molecule has 0 aliphatic rings. The minimum Gasteiger partial charge on any atom is -0.464 e. The van der Waals surface area contributed by atoms with Gasteiger partial charge in [0.2, 0.25) is 0 Å². The van der Waals surface area contributed by atoms with E-state index in [1.165, 1.54) is 7.11 Å². The zero-order valence-corrected chi connectivity index (χ0v) is 11.3. The number of aromatic nitrogens is 1. The van der Waals surface area contributed by atoms with Gasteiger partial charge in [0.05, 0.1) is 12.8 Å². The Labute approximate surface area is 105 Å². The number of rotatable bonds is 2. The first kappa shape index (κ1) is 13.9. The first-order valence-corrected chi connectivity index (χ1v) is 5.39. The van der Waals surface area contributed by atoms with Crippen molar-refractivity contribution in [2.45, 2.75) is 5.33 Å². The quantitative estimate of drug-likeness (QED) is 0.611. The maximum atomic E-state index is 11.1. The maximum absolute atomic E-state index is 11.1. The summed E-state index contributed by atoms with van der Waals surface area (Å²) in [4.78, 5) is 15.2. The summed E-state index contributed by atoms with van der Waals surface area (Å²) >= 11 is 6.54. The minimum absolute atomic E-state index is 0. The SMILES string of the molecule is COC(=O)c1cc(Br)cc(CBr)n1.Cl. The van der Waals surface area contributed by atoms with Crippen molar-refractivity contribution in [3.05, 3.63) is 28.0 Å². The number of halogens is 3. The third-order valence-electron chi connectivity index (χ3n) is 1.37. The highest BCUT2D eigenvalue weighted by Gasteiger charge is 2.08. The molecule has 14 heavy (non-hydrogen) atoms. The van der Waals surface area contributed by atoms with Crippen molar-refractivity contribution in [3.8, 4) is 0 Å². The van der Waals surface area contributed by atoms with Crippen LogP contribution in [0.25, 0.3) is 0 Å². The molecule has 78 valence electrons. The summed E-state index contributed by atoms with van der Waals surface area (Å²) in [5.74, 6) is -0.427. The van der Waals surface area contributed by atoms with Gasteiger partial charge in [-0.1, -0.05) is 31.9 Å². The molecule has 0 fully saturated rings. The van der Waals surface area contributed by atoms with Crippen molar-refractivity contribution >= 4 is 50.2 Å². The normalized spacial score (nSPS) is 9.07. The fraction of sp³-hybridized carbons (Fsp3) is 0.250. The van der Waals surface area contributed by atoms with Gasteiger partial charge in [-0.15, -0.1) is 12.4 Å². The van der Waals surface area contributed by atoms with Crippen LogP contribution in [0.4, 0.5) is 0 Å². The van der Waals surface area contributed by atoms with E-state index in [0.717, 1.165) is 10.2 Å². The molecular weight excluding hydrogens is 337 g/mol. The summed E-state index contributed by atoms with van der Waals surface area (Å²) < 4.78 is 5.37. The van der Waals surface area contributed by atoms with E-state index in [1.807, 2.05) is 6.07 Å². The van der Waals surface area contributed by atoms with Crippen LogP contribution in [0.1, 0.15) is 16.2 Å². The third-order valence-corrected chi connectivity index (χ3v) is 2.41. The summed E-state index contributed by atoms with van der Waals surface area (Å²) in [6.07, 6.45) is 0. The molecule has 1 aromatic heterocycles. The van der Waals surface area contributed by atoms with Gasteiger partial charge in [0.15, 0.2) is 0 Å². The Morgan fingerprint density at radius 2 is 2.21 bits per heavy atom. The molecule has 1 rings (SSSR count). The fourth-order valence-corrected chi connectivity index (χ4v) is 1.60. The molecule has 1 heterocycles. The van der Waals surface area contributed by atoms with E-state index >= 15 is 0 Å². The van der Waals surface area contributed by atoms with Crippen molar-refractivity contribution < 1.29 is 9.53 Å². The molecule has 0 aliphatic carbocycles. The molecular formula is C8H8Br2ClNO2. The lowest BCUT2D eigenvalue weighted by atomic mass is 10.3. The topological polar surface area (TPSA) is 39.2 Å². The first-order valence-electron chi connectivity index (χ1n) is 3.48. The second-order valence-corrected chi connectivity index (χ2v) is 3.76. The molecule has 0 aromatic carbocycles. The average Bonchev–Trinajstić information content (AvgIpc) is 2.15. The van der Waals surface area contributed by atoms with Gasteiger partial charge in [0.25, 0.3) is 0 Å². The van der Waals surface area contributed by atoms with Gasteiger partial charge in [-0.05, 0) is 12.1 Å². The highest BCUT2D eigenvalue weighted by Crippen LogP contribution is 2.15. The lowest BCUT2D eigenvalue weighted by Crippen LogP contribution is -2.05. The Balaban J connectivity index is 0.00000169. The van der Waals surface area contributed by atoms with Crippen LogP contribution >= 0.6 is 44.3 Å². The molecule has 0 unspecified atom stereocenters. The predicted octanol–water partition coefficient (Wildman–Crippen LogP) is 2.95. The first-order chi connectivity index (χ1) is 6.17. The summed E-state index contributed by atoms with van der Waals surface area (Å²) in [6.45, 7) is 0. The van der Waals surface area contributed by atoms with Gasteiger partial charge in [-0.3, -0.25) is 0 Å². The highest BCUT2D eigenvalue weighted by molar-refractivity contribution is 9.10. The second kappa shape index (κ2) is 6.37. The van der Waals surface area contributed by atoms with Gasteiger partial charge in [0.1, 0.15) is 5.69 Å². The van der Waals surface area contributed by atoms with Crippen LogP contribution in [-0.4, -0.2) is 18.1 Å². The number of carbonyl (C=O) groups is 1. The Morgan fingerprint density at radius 1 is 1.57 bits per heavy atom. The van der Waals surface area contributed by atoms with E-state index in [9.17, 15) is 4.79 Å². The third kappa shape index (κ3) is 3.55. The molecule has 0 spiro atoms. The van der Waals surface area contributed by atoms with Gasteiger partial charge < -0.3 is 4.74 Å². The smallest absolute Gasteiger partial charge is 0.356 e. The standard InChI is InChI=1S/C8H7Br2NO2.ClH/c1-13-8(12)7-3-5(10)2-6(4-9)11-7;/h2-3H,4H2,1H3;1H. The number of alkyl halides is 1. The van der Waals surface area contributed by atoms with Gasteiger partial charge >= 0.3 is 5.97 Å². The van der Waals surface area contributed by atoms with Crippen molar-refractivity contribution in [3.63, 3.8) is 0 Å². The molecule has 6 heteroatoms. The van der Waals surface area contributed by atoms with E-state index in [0.29, 0.717) is 11.0 Å². The predicted molar refractivity (Wildman–Crippen MR) is 63.2 cm³/mol. The number of pyridine rings is 1. The van der Waals surface area contributed by atoms with E-state index in [4.69, 9.17) is 0 Å². The van der Waals surface area contributed by atoms with Crippen LogP contribution in [0.3, 0.4) is 0 Å². The highest BCUT2D eigenvalue weighted by atomic mass is 79.9. The zero-order chi connectivity index (χ0) is 9.84. The molecule has 0 saturated heterocycles. The number of carbonyl (C=O) groups excluding carboxylic acids is 1. The molecule has 0 aliphatic heterocycles. The van der Waals surface area contributed by atoms with E-state index in [2.05, 4.69) is 41.6 Å². The van der Waals surface area contributed by atoms with Crippen LogP contribution in [0, 0.1) is 0 Å². The number of hydrogen-bond donors (Lipinski definition) is 0. The van der Waals surface area contributed by atoms with E-state index in [-0.39, 0.29) is 12.4 Å². The second-order valence-electron chi connectivity index (χ2n) is 2.29.